The van der Waals surface area contributed by atoms with Gasteiger partial charge in [-0.05, 0) is 74.6 Å². The zero-order valence-electron chi connectivity index (χ0n) is 19.3. The van der Waals surface area contributed by atoms with Gasteiger partial charge >= 0.3 is 0 Å². The summed E-state index contributed by atoms with van der Waals surface area (Å²) < 4.78 is 11.1. The van der Waals surface area contributed by atoms with Crippen molar-refractivity contribution < 1.29 is 9.26 Å². The largest absolute Gasteiger partial charge is 0.381 e. The van der Waals surface area contributed by atoms with Crippen LogP contribution in [-0.4, -0.2) is 23.4 Å². The second kappa shape index (κ2) is 8.87. The zero-order valence-corrected chi connectivity index (χ0v) is 19.3. The Balaban J connectivity index is 1.55. The quantitative estimate of drug-likeness (QED) is 0.403. The normalized spacial score (nSPS) is 17.2. The van der Waals surface area contributed by atoms with Crippen LogP contribution < -0.4 is 10.9 Å². The molecule has 2 N–H and O–H groups in total. The molecule has 6 nitrogen and oxygen atoms in total. The third-order valence-corrected chi connectivity index (χ3v) is 6.50. The number of nitrogens with zero attached hydrogens (tertiary/aromatic N) is 1. The first kappa shape index (κ1) is 21.5. The molecule has 2 atom stereocenters. The molecule has 3 heterocycles. The Labute approximate surface area is 193 Å². The van der Waals surface area contributed by atoms with Crippen LogP contribution in [0.5, 0.6) is 0 Å². The van der Waals surface area contributed by atoms with Crippen LogP contribution in [0, 0.1) is 13.8 Å². The van der Waals surface area contributed by atoms with E-state index in [4.69, 9.17) is 14.2 Å². The molecule has 33 heavy (non-hydrogen) atoms. The molecule has 1 saturated heterocycles. The summed E-state index contributed by atoms with van der Waals surface area (Å²) in [6.07, 6.45) is 2.23. The van der Waals surface area contributed by atoms with Crippen molar-refractivity contribution in [3.8, 4) is 11.3 Å². The Morgan fingerprint density at radius 3 is 2.76 bits per heavy atom. The lowest BCUT2D eigenvalue weighted by molar-refractivity contribution is 0.0802. The van der Waals surface area contributed by atoms with Gasteiger partial charge in [0, 0.05) is 40.9 Å². The van der Waals surface area contributed by atoms with Gasteiger partial charge in [0.25, 0.3) is 5.56 Å². The molecule has 0 spiro atoms. The minimum absolute atomic E-state index is 0.0131. The van der Waals surface area contributed by atoms with Crippen LogP contribution >= 0.6 is 0 Å². The topological polar surface area (TPSA) is 80.2 Å². The van der Waals surface area contributed by atoms with Crippen molar-refractivity contribution in [1.29, 1.82) is 0 Å². The highest BCUT2D eigenvalue weighted by Crippen LogP contribution is 2.35. The van der Waals surface area contributed by atoms with Crippen molar-refractivity contribution in [2.45, 2.75) is 45.6 Å². The fraction of sp³-hybridized carbons (Fsp3) is 0.333. The summed E-state index contributed by atoms with van der Waals surface area (Å²) in [4.78, 5) is 16.6. The maximum atomic E-state index is 11.6. The van der Waals surface area contributed by atoms with Crippen LogP contribution in [0.2, 0.25) is 0 Å². The third kappa shape index (κ3) is 4.31. The molecule has 0 radical (unpaired) electrons. The Morgan fingerprint density at radius 2 is 2.00 bits per heavy atom. The first-order valence-corrected chi connectivity index (χ1v) is 11.5. The van der Waals surface area contributed by atoms with E-state index in [1.54, 1.807) is 0 Å². The van der Waals surface area contributed by atoms with Crippen molar-refractivity contribution in [1.82, 2.24) is 10.1 Å². The summed E-state index contributed by atoms with van der Waals surface area (Å²) in [6, 6.07) is 16.1. The van der Waals surface area contributed by atoms with Crippen LogP contribution in [0.3, 0.4) is 0 Å². The second-order valence-corrected chi connectivity index (χ2v) is 8.99. The number of aromatic amines is 1. The van der Waals surface area contributed by atoms with E-state index in [9.17, 15) is 4.79 Å². The Morgan fingerprint density at radius 1 is 1.15 bits per heavy atom. The maximum Gasteiger partial charge on any atom is 0.280 e. The van der Waals surface area contributed by atoms with E-state index in [-0.39, 0.29) is 11.6 Å². The molecule has 0 unspecified atom stereocenters. The number of nitrogens with one attached hydrogen (secondary N) is 2. The Kier molecular flexibility index (Phi) is 5.77. The van der Waals surface area contributed by atoms with Gasteiger partial charge in [0.2, 0.25) is 0 Å². The highest BCUT2D eigenvalue weighted by molar-refractivity contribution is 5.85. The molecule has 0 saturated carbocycles. The van der Waals surface area contributed by atoms with E-state index in [2.05, 4.69) is 49.4 Å². The summed E-state index contributed by atoms with van der Waals surface area (Å²) in [5.41, 5.74) is 7.26. The van der Waals surface area contributed by atoms with E-state index in [1.165, 1.54) is 22.8 Å². The van der Waals surface area contributed by atoms with Gasteiger partial charge in [-0.25, -0.2) is 0 Å². The number of fused-ring (bicyclic) bond motifs is 1. The fourth-order valence-corrected chi connectivity index (χ4v) is 4.87. The third-order valence-electron chi connectivity index (χ3n) is 6.50. The number of rotatable bonds is 5. The lowest BCUT2D eigenvalue weighted by Gasteiger charge is -2.25. The maximum absolute atomic E-state index is 11.6. The van der Waals surface area contributed by atoms with E-state index in [0.29, 0.717) is 11.7 Å². The summed E-state index contributed by atoms with van der Waals surface area (Å²) in [5, 5.41) is 7.18. The van der Waals surface area contributed by atoms with Gasteiger partial charge in [-0.15, -0.1) is 0 Å². The van der Waals surface area contributed by atoms with Crippen molar-refractivity contribution in [2.24, 2.45) is 0 Å². The van der Waals surface area contributed by atoms with E-state index < -0.39 is 0 Å². The molecule has 170 valence electrons. The van der Waals surface area contributed by atoms with Crippen LogP contribution in [0.4, 0.5) is 5.69 Å². The van der Waals surface area contributed by atoms with Crippen molar-refractivity contribution in [3.05, 3.63) is 81.3 Å². The summed E-state index contributed by atoms with van der Waals surface area (Å²) in [5.74, 6) is 0.909. The predicted octanol–water partition coefficient (Wildman–Crippen LogP) is 5.87. The standard InChI is InChI=1S/C27H29N3O3/c1-16-11-22(18(3)28-24-9-5-4-8-20(24)26-14-27(31)30-33-26)23-13-21(17(2)29-25(23)12-16)19-7-6-10-32-15-19/h4-5,8-9,11-14,18-19,28H,6-7,10,15H2,1-3H3,(H,30,31)/t18-,19+/m1/s1. The molecular formula is C27H29N3O3. The van der Waals surface area contributed by atoms with E-state index in [0.717, 1.165) is 53.9 Å². The molecule has 2 aromatic carbocycles. The fourth-order valence-electron chi connectivity index (χ4n) is 4.87. The molecule has 0 bridgehead atoms. The van der Waals surface area contributed by atoms with Crippen LogP contribution in [0.25, 0.3) is 22.2 Å². The molecule has 1 aliphatic rings. The molecule has 4 aromatic rings. The first-order valence-electron chi connectivity index (χ1n) is 11.5. The van der Waals surface area contributed by atoms with Gasteiger partial charge in [0.1, 0.15) is 0 Å². The SMILES string of the molecule is Cc1cc([C@@H](C)Nc2ccccc2-c2cc(=O)[nH]o2)c2cc([C@H]3CCCOC3)c(C)nc2c1. The highest BCUT2D eigenvalue weighted by Gasteiger charge is 2.21. The zero-order chi connectivity index (χ0) is 22.9. The average Bonchev–Trinajstić information content (AvgIpc) is 3.25. The van der Waals surface area contributed by atoms with Crippen molar-refractivity contribution in [2.75, 3.05) is 18.5 Å². The number of benzene rings is 2. The number of aryl methyl sites for hydroxylation is 2. The lowest BCUT2D eigenvalue weighted by atomic mass is 9.89. The smallest absolute Gasteiger partial charge is 0.280 e. The summed E-state index contributed by atoms with van der Waals surface area (Å²) >= 11 is 0. The molecule has 1 aliphatic heterocycles. The minimum atomic E-state index is -0.252. The number of hydrogen-bond acceptors (Lipinski definition) is 5. The molecule has 2 aromatic heterocycles. The molecular weight excluding hydrogens is 414 g/mol. The molecule has 0 aliphatic carbocycles. The highest BCUT2D eigenvalue weighted by atomic mass is 16.5. The van der Waals surface area contributed by atoms with E-state index >= 15 is 0 Å². The number of hydrogen-bond donors (Lipinski definition) is 2. The molecule has 0 amide bonds. The van der Waals surface area contributed by atoms with Gasteiger partial charge in [-0.2, -0.15) is 5.16 Å². The average molecular weight is 444 g/mol. The van der Waals surface area contributed by atoms with Gasteiger partial charge in [0.05, 0.1) is 18.2 Å². The van der Waals surface area contributed by atoms with Crippen LogP contribution in [0.1, 0.15) is 54.1 Å². The number of ether oxygens (including phenoxy) is 1. The van der Waals surface area contributed by atoms with Crippen LogP contribution in [-0.2, 0) is 4.74 Å². The van der Waals surface area contributed by atoms with Crippen molar-refractivity contribution >= 4 is 16.6 Å². The first-order chi connectivity index (χ1) is 16.0. The van der Waals surface area contributed by atoms with Gasteiger partial charge < -0.3 is 14.6 Å². The second-order valence-electron chi connectivity index (χ2n) is 8.99. The lowest BCUT2D eigenvalue weighted by Crippen LogP contribution is -2.17. The van der Waals surface area contributed by atoms with E-state index in [1.807, 2.05) is 24.3 Å². The van der Waals surface area contributed by atoms with Gasteiger partial charge in [-0.3, -0.25) is 9.78 Å². The molecule has 5 rings (SSSR count). The summed E-state index contributed by atoms with van der Waals surface area (Å²) in [6.45, 7) is 7.98. The number of anilines is 1. The van der Waals surface area contributed by atoms with Gasteiger partial charge in [0.15, 0.2) is 5.76 Å². The van der Waals surface area contributed by atoms with Gasteiger partial charge in [-0.1, -0.05) is 18.2 Å². The molecule has 1 fully saturated rings. The van der Waals surface area contributed by atoms with Crippen LogP contribution in [0.15, 0.2) is 57.8 Å². The molecule has 6 heteroatoms. The minimum Gasteiger partial charge on any atom is -0.381 e. The monoisotopic (exact) mass is 443 g/mol. The number of H-pyrrole nitrogens is 1. The van der Waals surface area contributed by atoms with Crippen molar-refractivity contribution in [3.63, 3.8) is 0 Å². The number of aromatic nitrogens is 2. The summed E-state index contributed by atoms with van der Waals surface area (Å²) in [7, 11) is 0. The number of pyridine rings is 1. The number of para-hydroxylation sites is 1. The predicted molar refractivity (Wildman–Crippen MR) is 131 cm³/mol. The Bertz CT molecular complexity index is 1350. The Hall–Kier alpha value is -3.38.